The summed E-state index contributed by atoms with van der Waals surface area (Å²) in [5, 5.41) is 3.46. The second-order valence-electron chi connectivity index (χ2n) is 8.33. The van der Waals surface area contributed by atoms with Gasteiger partial charge in [0.05, 0.1) is 12.6 Å². The summed E-state index contributed by atoms with van der Waals surface area (Å²) in [6.45, 7) is 13.0. The van der Waals surface area contributed by atoms with E-state index in [9.17, 15) is 0 Å². The summed E-state index contributed by atoms with van der Waals surface area (Å²) in [6.07, 6.45) is 3.51. The van der Waals surface area contributed by atoms with Crippen molar-refractivity contribution in [2.45, 2.75) is 71.8 Å². The number of aliphatic imine (C=N–C) groups is 1. The molecule has 0 spiro atoms. The Morgan fingerprint density at radius 2 is 1.78 bits per heavy atom. The van der Waals surface area contributed by atoms with Crippen molar-refractivity contribution in [3.05, 3.63) is 28.8 Å². The van der Waals surface area contributed by atoms with E-state index >= 15 is 0 Å². The molecule has 0 radical (unpaired) electrons. The lowest BCUT2D eigenvalue weighted by atomic mass is 9.85. The van der Waals surface area contributed by atoms with E-state index in [0.717, 1.165) is 18.5 Å². The number of aryl methyl sites for hydroxylation is 1. The predicted molar refractivity (Wildman–Crippen MR) is 98.1 cm³/mol. The monoisotopic (exact) mass is 317 g/mol. The first-order valence-electron chi connectivity index (χ1n) is 8.42. The Bertz CT molecular complexity index is 592. The molecule has 0 saturated heterocycles. The minimum absolute atomic E-state index is 0.129. The zero-order chi connectivity index (χ0) is 17.3. The van der Waals surface area contributed by atoms with Crippen LogP contribution in [-0.2, 0) is 23.1 Å². The quantitative estimate of drug-likeness (QED) is 0.488. The van der Waals surface area contributed by atoms with Crippen molar-refractivity contribution in [3.8, 4) is 0 Å². The second-order valence-corrected chi connectivity index (χ2v) is 8.33. The zero-order valence-electron chi connectivity index (χ0n) is 15.6. The minimum atomic E-state index is -0.182. The van der Waals surface area contributed by atoms with Crippen molar-refractivity contribution in [3.63, 3.8) is 0 Å². The van der Waals surface area contributed by atoms with E-state index in [2.05, 4.69) is 69.5 Å². The Morgan fingerprint density at radius 3 is 2.35 bits per heavy atom. The van der Waals surface area contributed by atoms with Crippen molar-refractivity contribution < 1.29 is 4.84 Å². The van der Waals surface area contributed by atoms with Gasteiger partial charge in [0.15, 0.2) is 0 Å². The van der Waals surface area contributed by atoms with Gasteiger partial charge in [0.2, 0.25) is 5.96 Å². The van der Waals surface area contributed by atoms with Crippen LogP contribution in [0.2, 0.25) is 0 Å². The minimum Gasteiger partial charge on any atom is -0.324 e. The maximum absolute atomic E-state index is 5.10. The second kappa shape index (κ2) is 6.52. The SMILES string of the molecule is CONC(=NC(C)(C)C)Nc1cc(C(C)(C)C)cc2c1CCC2. The molecule has 0 fully saturated rings. The molecular weight excluding hydrogens is 286 g/mol. The molecule has 2 N–H and O–H groups in total. The molecule has 1 aliphatic carbocycles. The fourth-order valence-electron chi connectivity index (χ4n) is 2.89. The van der Waals surface area contributed by atoms with Crippen molar-refractivity contribution in [1.82, 2.24) is 5.48 Å². The van der Waals surface area contributed by atoms with Crippen LogP contribution in [0.25, 0.3) is 0 Å². The van der Waals surface area contributed by atoms with Gasteiger partial charge in [0.1, 0.15) is 0 Å². The van der Waals surface area contributed by atoms with Crippen LogP contribution in [0.15, 0.2) is 17.1 Å². The third kappa shape index (κ3) is 4.71. The first-order chi connectivity index (χ1) is 10.6. The summed E-state index contributed by atoms with van der Waals surface area (Å²) in [7, 11) is 1.61. The number of nitrogens with one attached hydrogen (secondary N) is 2. The van der Waals surface area contributed by atoms with E-state index in [-0.39, 0.29) is 11.0 Å². The molecular formula is C19H31N3O. The van der Waals surface area contributed by atoms with Crippen molar-refractivity contribution in [2.75, 3.05) is 12.4 Å². The number of hydrogen-bond donors (Lipinski definition) is 2. The van der Waals surface area contributed by atoms with Crippen molar-refractivity contribution in [2.24, 2.45) is 4.99 Å². The van der Waals surface area contributed by atoms with Crippen molar-refractivity contribution >= 4 is 11.6 Å². The summed E-state index contributed by atoms with van der Waals surface area (Å²) in [5.41, 5.74) is 8.21. The van der Waals surface area contributed by atoms with E-state index in [1.807, 2.05) is 0 Å². The Labute approximate surface area is 140 Å². The lowest BCUT2D eigenvalue weighted by Gasteiger charge is -2.24. The summed E-state index contributed by atoms with van der Waals surface area (Å²) >= 11 is 0. The highest BCUT2D eigenvalue weighted by Gasteiger charge is 2.22. The fraction of sp³-hybridized carbons (Fsp3) is 0.632. The van der Waals surface area contributed by atoms with Crippen LogP contribution in [0, 0.1) is 0 Å². The van der Waals surface area contributed by atoms with Gasteiger partial charge in [-0.2, -0.15) is 0 Å². The normalized spacial score (nSPS) is 15.5. The highest BCUT2D eigenvalue weighted by molar-refractivity contribution is 5.94. The molecule has 0 bridgehead atoms. The first-order valence-corrected chi connectivity index (χ1v) is 8.42. The lowest BCUT2D eigenvalue weighted by Crippen LogP contribution is -2.33. The fourth-order valence-corrected chi connectivity index (χ4v) is 2.89. The maximum atomic E-state index is 5.10. The van der Waals surface area contributed by atoms with Gasteiger partial charge < -0.3 is 5.32 Å². The number of anilines is 1. The van der Waals surface area contributed by atoms with Gasteiger partial charge in [0, 0.05) is 5.69 Å². The third-order valence-corrected chi connectivity index (χ3v) is 3.98. The highest BCUT2D eigenvalue weighted by atomic mass is 16.6. The molecule has 0 aliphatic heterocycles. The third-order valence-electron chi connectivity index (χ3n) is 3.98. The molecule has 0 atom stereocenters. The Morgan fingerprint density at radius 1 is 1.09 bits per heavy atom. The van der Waals surface area contributed by atoms with Crippen LogP contribution in [0.4, 0.5) is 5.69 Å². The summed E-state index contributed by atoms with van der Waals surface area (Å²) in [4.78, 5) is 9.78. The average molecular weight is 317 g/mol. The molecule has 1 aromatic rings. The Balaban J connectivity index is 2.42. The van der Waals surface area contributed by atoms with Crippen LogP contribution in [-0.4, -0.2) is 18.6 Å². The number of benzene rings is 1. The van der Waals surface area contributed by atoms with Crippen LogP contribution >= 0.6 is 0 Å². The lowest BCUT2D eigenvalue weighted by molar-refractivity contribution is 0.143. The van der Waals surface area contributed by atoms with Crippen LogP contribution in [0.1, 0.15) is 64.7 Å². The first kappa shape index (κ1) is 17.8. The van der Waals surface area contributed by atoms with Gasteiger partial charge >= 0.3 is 0 Å². The molecule has 1 aliphatic rings. The van der Waals surface area contributed by atoms with Gasteiger partial charge in [-0.3, -0.25) is 4.84 Å². The molecule has 0 saturated carbocycles. The Hall–Kier alpha value is -1.55. The van der Waals surface area contributed by atoms with Crippen LogP contribution in [0.3, 0.4) is 0 Å². The molecule has 0 unspecified atom stereocenters. The number of hydroxylamine groups is 1. The predicted octanol–water partition coefficient (Wildman–Crippen LogP) is 4.19. The topological polar surface area (TPSA) is 45.6 Å². The summed E-state index contributed by atoms with van der Waals surface area (Å²) in [6, 6.07) is 4.64. The number of rotatable bonds is 2. The maximum Gasteiger partial charge on any atom is 0.220 e. The molecule has 128 valence electrons. The summed E-state index contributed by atoms with van der Waals surface area (Å²) < 4.78 is 0. The Kier molecular flexibility index (Phi) is 5.04. The zero-order valence-corrected chi connectivity index (χ0v) is 15.6. The standard InChI is InChI=1S/C19H31N3O/c1-18(2,3)14-11-13-9-8-10-15(13)16(12-14)20-17(22-23-7)21-19(4,5)6/h11-12H,8-10H2,1-7H3,(H2,20,21,22). The number of nitrogens with zero attached hydrogens (tertiary/aromatic N) is 1. The summed E-state index contributed by atoms with van der Waals surface area (Å²) in [5.74, 6) is 0.653. The molecule has 2 rings (SSSR count). The van der Waals surface area contributed by atoms with Gasteiger partial charge in [0.25, 0.3) is 0 Å². The highest BCUT2D eigenvalue weighted by Crippen LogP contribution is 2.35. The number of fused-ring (bicyclic) bond motifs is 1. The number of hydrogen-bond acceptors (Lipinski definition) is 2. The van der Waals surface area contributed by atoms with Gasteiger partial charge in [-0.15, -0.1) is 0 Å². The van der Waals surface area contributed by atoms with Gasteiger partial charge in [-0.1, -0.05) is 26.8 Å². The average Bonchev–Trinajstić information content (AvgIpc) is 2.84. The van der Waals surface area contributed by atoms with E-state index in [0.29, 0.717) is 5.96 Å². The molecule has 0 amide bonds. The van der Waals surface area contributed by atoms with E-state index < -0.39 is 0 Å². The molecule has 0 heterocycles. The van der Waals surface area contributed by atoms with E-state index in [1.54, 1.807) is 7.11 Å². The van der Waals surface area contributed by atoms with Crippen LogP contribution < -0.4 is 10.8 Å². The molecule has 23 heavy (non-hydrogen) atoms. The van der Waals surface area contributed by atoms with Crippen LogP contribution in [0.5, 0.6) is 0 Å². The number of guanidine groups is 1. The van der Waals surface area contributed by atoms with E-state index in [4.69, 9.17) is 4.84 Å². The molecule has 4 nitrogen and oxygen atoms in total. The molecule has 1 aromatic carbocycles. The van der Waals surface area contributed by atoms with Crippen molar-refractivity contribution in [1.29, 1.82) is 0 Å². The molecule has 0 aromatic heterocycles. The van der Waals surface area contributed by atoms with Gasteiger partial charge in [-0.05, 0) is 68.2 Å². The smallest absolute Gasteiger partial charge is 0.220 e. The molecule has 4 heteroatoms. The van der Waals surface area contributed by atoms with E-state index in [1.165, 1.54) is 23.1 Å². The van der Waals surface area contributed by atoms with Gasteiger partial charge in [-0.25, -0.2) is 10.5 Å². The largest absolute Gasteiger partial charge is 0.324 e.